The van der Waals surface area contributed by atoms with Gasteiger partial charge in [-0.3, -0.25) is 4.79 Å². The van der Waals surface area contributed by atoms with Gasteiger partial charge in [0.1, 0.15) is 11.6 Å². The molecule has 1 fully saturated rings. The second-order valence-electron chi connectivity index (χ2n) is 5.59. The largest absolute Gasteiger partial charge is 0.327 e. The number of ketones is 1. The highest BCUT2D eigenvalue weighted by molar-refractivity contribution is 5.87. The van der Waals surface area contributed by atoms with Crippen LogP contribution in [0.3, 0.4) is 0 Å². The Balaban J connectivity index is 2.16. The highest BCUT2D eigenvalue weighted by Gasteiger charge is 2.42. The van der Waals surface area contributed by atoms with Crippen molar-refractivity contribution in [1.82, 2.24) is 0 Å². The lowest BCUT2D eigenvalue weighted by molar-refractivity contribution is -0.127. The Morgan fingerprint density at radius 3 is 2.83 bits per heavy atom. The molecule has 2 nitrogen and oxygen atoms in total. The molecule has 1 saturated carbocycles. The van der Waals surface area contributed by atoms with Crippen LogP contribution in [0, 0.1) is 18.2 Å². The van der Waals surface area contributed by atoms with Crippen molar-refractivity contribution in [2.75, 3.05) is 0 Å². The molecule has 1 aromatic rings. The number of carbonyl (C=O) groups is 1. The van der Waals surface area contributed by atoms with E-state index >= 15 is 0 Å². The minimum atomic E-state index is -0.402. The van der Waals surface area contributed by atoms with Crippen molar-refractivity contribution in [1.29, 1.82) is 0 Å². The van der Waals surface area contributed by atoms with Crippen LogP contribution in [0.25, 0.3) is 0 Å². The van der Waals surface area contributed by atoms with Crippen molar-refractivity contribution < 1.29 is 9.18 Å². The molecule has 0 aliphatic heterocycles. The zero-order valence-corrected chi connectivity index (χ0v) is 11.0. The average Bonchev–Trinajstić information content (AvgIpc) is 2.64. The van der Waals surface area contributed by atoms with Gasteiger partial charge in [0, 0.05) is 17.9 Å². The van der Waals surface area contributed by atoms with E-state index in [9.17, 15) is 9.18 Å². The number of aryl methyl sites for hydroxylation is 1. The number of nitrogens with two attached hydrogens (primary N) is 1. The van der Waals surface area contributed by atoms with Gasteiger partial charge in [0.25, 0.3) is 0 Å². The number of Topliss-reactive ketones (excluding diaryl/α,β-unsaturated/α-hetero) is 1. The van der Waals surface area contributed by atoms with Gasteiger partial charge in [-0.15, -0.1) is 0 Å². The Labute approximate surface area is 107 Å². The number of hydrogen-bond donors (Lipinski definition) is 1. The van der Waals surface area contributed by atoms with Crippen LogP contribution in [0.15, 0.2) is 18.2 Å². The zero-order chi connectivity index (χ0) is 13.3. The summed E-state index contributed by atoms with van der Waals surface area (Å²) in [7, 11) is 0. The first-order chi connectivity index (χ1) is 8.43. The van der Waals surface area contributed by atoms with Gasteiger partial charge in [0.05, 0.1) is 0 Å². The van der Waals surface area contributed by atoms with Gasteiger partial charge in [-0.05, 0) is 43.0 Å². The highest BCUT2D eigenvalue weighted by atomic mass is 19.1. The summed E-state index contributed by atoms with van der Waals surface area (Å²) in [5.41, 5.74) is 7.38. The summed E-state index contributed by atoms with van der Waals surface area (Å²) in [5.74, 6) is -0.0744. The van der Waals surface area contributed by atoms with Crippen molar-refractivity contribution in [3.8, 4) is 0 Å². The Kier molecular flexibility index (Phi) is 3.53. The number of carbonyl (C=O) groups excluding carboxylic acids is 1. The van der Waals surface area contributed by atoms with E-state index in [2.05, 4.69) is 0 Å². The van der Waals surface area contributed by atoms with E-state index in [-0.39, 0.29) is 17.6 Å². The molecule has 3 heteroatoms. The molecule has 1 aromatic carbocycles. The number of hydrogen-bond acceptors (Lipinski definition) is 2. The van der Waals surface area contributed by atoms with Crippen LogP contribution < -0.4 is 5.73 Å². The third-order valence-corrected chi connectivity index (χ3v) is 4.32. The molecule has 1 aliphatic carbocycles. The lowest BCUT2D eigenvalue weighted by Gasteiger charge is -2.27. The quantitative estimate of drug-likeness (QED) is 0.895. The van der Waals surface area contributed by atoms with Crippen LogP contribution in [-0.4, -0.2) is 11.8 Å². The maximum Gasteiger partial charge on any atom is 0.144 e. The summed E-state index contributed by atoms with van der Waals surface area (Å²) in [4.78, 5) is 12.4. The standard InChI is InChI=1S/C15H20FNO/c1-10-8-12(16)6-5-11(10)9-14(18)15(2)7-3-4-13(15)17/h5-6,8,13H,3-4,7,9,17H2,1-2H3. The molecule has 0 saturated heterocycles. The molecule has 0 spiro atoms. The van der Waals surface area contributed by atoms with Crippen molar-refractivity contribution in [2.45, 2.75) is 45.6 Å². The second kappa shape index (κ2) is 4.81. The molecular formula is C15H20FNO. The molecule has 0 amide bonds. The summed E-state index contributed by atoms with van der Waals surface area (Å²) in [5, 5.41) is 0. The Bertz CT molecular complexity index is 472. The third-order valence-electron chi connectivity index (χ3n) is 4.32. The molecule has 98 valence electrons. The fourth-order valence-electron chi connectivity index (χ4n) is 2.77. The molecule has 18 heavy (non-hydrogen) atoms. The van der Waals surface area contributed by atoms with E-state index in [1.807, 2.05) is 13.8 Å². The summed E-state index contributed by atoms with van der Waals surface area (Å²) in [6, 6.07) is 4.55. The first kappa shape index (κ1) is 13.2. The molecule has 2 atom stereocenters. The topological polar surface area (TPSA) is 43.1 Å². The first-order valence-corrected chi connectivity index (χ1v) is 6.47. The van der Waals surface area contributed by atoms with Gasteiger partial charge in [-0.25, -0.2) is 4.39 Å². The molecule has 0 heterocycles. The summed E-state index contributed by atoms with van der Waals surface area (Å²) >= 11 is 0. The van der Waals surface area contributed by atoms with E-state index < -0.39 is 5.41 Å². The smallest absolute Gasteiger partial charge is 0.144 e. The minimum Gasteiger partial charge on any atom is -0.327 e. The average molecular weight is 249 g/mol. The summed E-state index contributed by atoms with van der Waals surface area (Å²) < 4.78 is 13.0. The van der Waals surface area contributed by atoms with Crippen LogP contribution >= 0.6 is 0 Å². The van der Waals surface area contributed by atoms with E-state index in [0.29, 0.717) is 6.42 Å². The molecule has 0 radical (unpaired) electrons. The Morgan fingerprint density at radius 1 is 1.56 bits per heavy atom. The van der Waals surface area contributed by atoms with E-state index in [4.69, 9.17) is 5.73 Å². The summed E-state index contributed by atoms with van der Waals surface area (Å²) in [6.45, 7) is 3.80. The number of benzene rings is 1. The molecule has 0 aromatic heterocycles. The van der Waals surface area contributed by atoms with E-state index in [1.54, 1.807) is 6.07 Å². The highest BCUT2D eigenvalue weighted by Crippen LogP contribution is 2.38. The van der Waals surface area contributed by atoms with Crippen LogP contribution in [0.4, 0.5) is 4.39 Å². The predicted molar refractivity (Wildman–Crippen MR) is 69.8 cm³/mol. The third kappa shape index (κ3) is 2.32. The van der Waals surface area contributed by atoms with Gasteiger partial charge in [0.2, 0.25) is 0 Å². The van der Waals surface area contributed by atoms with Gasteiger partial charge in [0.15, 0.2) is 0 Å². The van der Waals surface area contributed by atoms with Gasteiger partial charge >= 0.3 is 0 Å². The first-order valence-electron chi connectivity index (χ1n) is 6.47. The SMILES string of the molecule is Cc1cc(F)ccc1CC(=O)C1(C)CCCC1N. The lowest BCUT2D eigenvalue weighted by atomic mass is 9.78. The van der Waals surface area contributed by atoms with Crippen molar-refractivity contribution >= 4 is 5.78 Å². The minimum absolute atomic E-state index is 0.0363. The fraction of sp³-hybridized carbons (Fsp3) is 0.533. The van der Waals surface area contributed by atoms with Crippen LogP contribution in [0.2, 0.25) is 0 Å². The van der Waals surface area contributed by atoms with Crippen molar-refractivity contribution in [3.05, 3.63) is 35.1 Å². The van der Waals surface area contributed by atoms with Crippen LogP contribution in [-0.2, 0) is 11.2 Å². The molecule has 2 N–H and O–H groups in total. The maximum absolute atomic E-state index is 13.0. The number of rotatable bonds is 3. The van der Waals surface area contributed by atoms with Crippen molar-refractivity contribution in [2.24, 2.45) is 11.1 Å². The molecule has 0 bridgehead atoms. The van der Waals surface area contributed by atoms with Gasteiger partial charge in [-0.1, -0.05) is 19.4 Å². The fourth-order valence-corrected chi connectivity index (χ4v) is 2.77. The Hall–Kier alpha value is -1.22. The van der Waals surface area contributed by atoms with Crippen LogP contribution in [0.5, 0.6) is 0 Å². The maximum atomic E-state index is 13.0. The van der Waals surface area contributed by atoms with Crippen molar-refractivity contribution in [3.63, 3.8) is 0 Å². The molecular weight excluding hydrogens is 229 g/mol. The number of halogens is 1. The zero-order valence-electron chi connectivity index (χ0n) is 11.0. The lowest BCUT2D eigenvalue weighted by Crippen LogP contribution is -2.41. The molecule has 1 aliphatic rings. The van der Waals surface area contributed by atoms with E-state index in [0.717, 1.165) is 30.4 Å². The van der Waals surface area contributed by atoms with Gasteiger partial charge in [-0.2, -0.15) is 0 Å². The Morgan fingerprint density at radius 2 is 2.28 bits per heavy atom. The normalized spacial score (nSPS) is 27.4. The molecule has 2 unspecified atom stereocenters. The van der Waals surface area contributed by atoms with Gasteiger partial charge < -0.3 is 5.73 Å². The van der Waals surface area contributed by atoms with Crippen LogP contribution in [0.1, 0.15) is 37.3 Å². The summed E-state index contributed by atoms with van der Waals surface area (Å²) in [6.07, 6.45) is 3.17. The second-order valence-corrected chi connectivity index (χ2v) is 5.59. The van der Waals surface area contributed by atoms with E-state index in [1.165, 1.54) is 12.1 Å². The monoisotopic (exact) mass is 249 g/mol. The predicted octanol–water partition coefficient (Wildman–Crippen LogP) is 2.76. The molecule has 2 rings (SSSR count).